The summed E-state index contributed by atoms with van der Waals surface area (Å²) in [6.07, 6.45) is 9.81. The van der Waals surface area contributed by atoms with E-state index in [0.29, 0.717) is 17.8 Å². The second-order valence-electron chi connectivity index (χ2n) is 11.3. The summed E-state index contributed by atoms with van der Waals surface area (Å²) in [6, 6.07) is 0. The molecule has 5 heteroatoms. The zero-order valence-electron chi connectivity index (χ0n) is 18.8. The van der Waals surface area contributed by atoms with Crippen molar-refractivity contribution in [2.24, 2.45) is 35.5 Å². The van der Waals surface area contributed by atoms with Crippen LogP contribution in [0, 0.1) is 35.5 Å². The third-order valence-electron chi connectivity index (χ3n) is 9.57. The molecule has 4 rings (SSSR count). The van der Waals surface area contributed by atoms with Gasteiger partial charge in [0, 0.05) is 3.92 Å². The largest absolute Gasteiger partial charge is 0.244 e. The van der Waals surface area contributed by atoms with Gasteiger partial charge in [-0.3, -0.25) is 0 Å². The lowest BCUT2D eigenvalue weighted by Crippen LogP contribution is -2.44. The summed E-state index contributed by atoms with van der Waals surface area (Å²) < 4.78 is 58.4. The van der Waals surface area contributed by atoms with Gasteiger partial charge in [-0.2, -0.15) is 0 Å². The van der Waals surface area contributed by atoms with Crippen LogP contribution < -0.4 is 0 Å². The Hall–Kier alpha value is 0.450. The van der Waals surface area contributed by atoms with Crippen molar-refractivity contribution in [3.63, 3.8) is 0 Å². The van der Waals surface area contributed by atoms with Crippen LogP contribution in [0.15, 0.2) is 0 Å². The Bertz CT molecular complexity index is 546. The van der Waals surface area contributed by atoms with Gasteiger partial charge in [0.05, 0.1) is 0 Å². The highest BCUT2D eigenvalue weighted by atomic mass is 127. The maximum atomic E-state index is 15.2. The van der Waals surface area contributed by atoms with Crippen molar-refractivity contribution >= 4 is 22.6 Å². The standard InChI is InChI=1S/C26H41F4I/c27-23-19(12-15-22(31)26(23)30)11-8-16-6-9-18(10-7-16)21-14-13-20(24(28)25(21)29)17-4-2-1-3-5-17/h16-26H,1-15H2. The molecule has 180 valence electrons. The van der Waals surface area contributed by atoms with Crippen molar-refractivity contribution in [1.82, 2.24) is 0 Å². The van der Waals surface area contributed by atoms with Crippen LogP contribution in [0.2, 0.25) is 0 Å². The summed E-state index contributed by atoms with van der Waals surface area (Å²) in [4.78, 5) is 0. The van der Waals surface area contributed by atoms with Gasteiger partial charge in [-0.1, -0.05) is 74.0 Å². The van der Waals surface area contributed by atoms with Gasteiger partial charge in [-0.05, 0) is 80.5 Å². The predicted octanol–water partition coefficient (Wildman–Crippen LogP) is 8.75. The van der Waals surface area contributed by atoms with E-state index < -0.39 is 24.7 Å². The number of halogens is 5. The summed E-state index contributed by atoms with van der Waals surface area (Å²) in [7, 11) is 0. The Morgan fingerprint density at radius 3 is 1.71 bits per heavy atom. The number of alkyl halides is 5. The van der Waals surface area contributed by atoms with Crippen molar-refractivity contribution in [3.8, 4) is 0 Å². The summed E-state index contributed by atoms with van der Waals surface area (Å²) >= 11 is 2.05. The highest BCUT2D eigenvalue weighted by Crippen LogP contribution is 2.48. The molecule has 4 saturated carbocycles. The maximum absolute atomic E-state index is 15.2. The molecule has 8 unspecified atom stereocenters. The molecular weight excluding hydrogens is 515 g/mol. The maximum Gasteiger partial charge on any atom is 0.143 e. The molecule has 0 nitrogen and oxygen atoms in total. The van der Waals surface area contributed by atoms with E-state index in [1.54, 1.807) is 0 Å². The van der Waals surface area contributed by atoms with Crippen LogP contribution >= 0.6 is 22.6 Å². The summed E-state index contributed by atoms with van der Waals surface area (Å²) in [5.41, 5.74) is 0. The van der Waals surface area contributed by atoms with E-state index in [-0.39, 0.29) is 21.7 Å². The predicted molar refractivity (Wildman–Crippen MR) is 128 cm³/mol. The molecule has 4 aliphatic carbocycles. The third-order valence-corrected chi connectivity index (χ3v) is 10.9. The molecule has 0 amide bonds. The highest BCUT2D eigenvalue weighted by Gasteiger charge is 2.46. The number of hydrogen-bond donors (Lipinski definition) is 0. The average molecular weight is 557 g/mol. The van der Waals surface area contributed by atoms with E-state index >= 15 is 8.78 Å². The minimum atomic E-state index is -1.31. The van der Waals surface area contributed by atoms with Crippen LogP contribution in [0.1, 0.15) is 96.3 Å². The molecule has 4 aliphatic rings. The molecule has 0 radical (unpaired) electrons. The second kappa shape index (κ2) is 11.3. The molecule has 8 atom stereocenters. The fraction of sp³-hybridized carbons (Fsp3) is 1.00. The molecule has 0 bridgehead atoms. The summed E-state index contributed by atoms with van der Waals surface area (Å²) in [6.45, 7) is 0. The first-order valence-corrected chi connectivity index (χ1v) is 14.4. The molecule has 0 N–H and O–H groups in total. The van der Waals surface area contributed by atoms with E-state index in [9.17, 15) is 8.78 Å². The molecular formula is C26H41F4I. The van der Waals surface area contributed by atoms with Crippen LogP contribution in [-0.4, -0.2) is 28.6 Å². The number of rotatable bonds is 5. The van der Waals surface area contributed by atoms with Crippen molar-refractivity contribution in [2.75, 3.05) is 0 Å². The smallest absolute Gasteiger partial charge is 0.143 e. The van der Waals surface area contributed by atoms with Crippen molar-refractivity contribution < 1.29 is 17.6 Å². The minimum absolute atomic E-state index is 0.0477. The summed E-state index contributed by atoms with van der Waals surface area (Å²) in [5, 5.41) is 0. The topological polar surface area (TPSA) is 0 Å². The lowest BCUT2D eigenvalue weighted by atomic mass is 9.64. The van der Waals surface area contributed by atoms with Crippen LogP contribution in [0.25, 0.3) is 0 Å². The Labute approximate surface area is 200 Å². The molecule has 0 aromatic rings. The van der Waals surface area contributed by atoms with Gasteiger partial charge in [0.2, 0.25) is 0 Å². The molecule has 0 aliphatic heterocycles. The quantitative estimate of drug-likeness (QED) is 0.181. The zero-order chi connectivity index (χ0) is 22.0. The first-order chi connectivity index (χ1) is 15.0. The Morgan fingerprint density at radius 2 is 1.10 bits per heavy atom. The highest BCUT2D eigenvalue weighted by molar-refractivity contribution is 14.1. The van der Waals surface area contributed by atoms with Gasteiger partial charge in [-0.25, -0.2) is 17.6 Å². The fourth-order valence-electron chi connectivity index (χ4n) is 7.54. The van der Waals surface area contributed by atoms with E-state index in [0.717, 1.165) is 77.0 Å². The van der Waals surface area contributed by atoms with Gasteiger partial charge < -0.3 is 0 Å². The molecule has 4 fully saturated rings. The summed E-state index contributed by atoms with van der Waals surface area (Å²) in [5.74, 6) is 0.998. The molecule has 0 heterocycles. The van der Waals surface area contributed by atoms with Gasteiger partial charge >= 0.3 is 0 Å². The molecule has 31 heavy (non-hydrogen) atoms. The van der Waals surface area contributed by atoms with Crippen molar-refractivity contribution in [3.05, 3.63) is 0 Å². The van der Waals surface area contributed by atoms with Crippen molar-refractivity contribution in [2.45, 2.75) is 125 Å². The van der Waals surface area contributed by atoms with Crippen LogP contribution in [0.5, 0.6) is 0 Å². The molecule has 0 saturated heterocycles. The first-order valence-electron chi connectivity index (χ1n) is 13.2. The monoisotopic (exact) mass is 556 g/mol. The molecule has 0 spiro atoms. The molecule has 0 aromatic carbocycles. The fourth-order valence-corrected chi connectivity index (χ4v) is 8.30. The minimum Gasteiger partial charge on any atom is -0.244 e. The van der Waals surface area contributed by atoms with Gasteiger partial charge in [0.25, 0.3) is 0 Å². The normalized spacial score (nSPS) is 47.9. The Balaban J connectivity index is 1.21. The van der Waals surface area contributed by atoms with Gasteiger partial charge in [0.15, 0.2) is 0 Å². The Morgan fingerprint density at radius 1 is 0.516 bits per heavy atom. The second-order valence-corrected chi connectivity index (χ2v) is 12.9. The van der Waals surface area contributed by atoms with E-state index in [1.807, 2.05) is 22.6 Å². The first kappa shape index (κ1) is 24.6. The third kappa shape index (κ3) is 5.75. The van der Waals surface area contributed by atoms with Crippen LogP contribution in [-0.2, 0) is 0 Å². The molecule has 0 aromatic heterocycles. The van der Waals surface area contributed by atoms with E-state index in [1.165, 1.54) is 19.3 Å². The lowest BCUT2D eigenvalue weighted by molar-refractivity contribution is -0.0350. The van der Waals surface area contributed by atoms with Crippen molar-refractivity contribution in [1.29, 1.82) is 0 Å². The average Bonchev–Trinajstić information content (AvgIpc) is 2.80. The number of hydrogen-bond acceptors (Lipinski definition) is 0. The SMILES string of the molecule is FC1C(I)CCC(CCC2CCC(C3CCC(C4CCCCC4)C(F)C3F)CC2)C1F. The van der Waals surface area contributed by atoms with E-state index in [2.05, 4.69) is 0 Å². The van der Waals surface area contributed by atoms with Crippen LogP contribution in [0.4, 0.5) is 17.6 Å². The van der Waals surface area contributed by atoms with Crippen LogP contribution in [0.3, 0.4) is 0 Å². The Kier molecular flexibility index (Phi) is 8.92. The van der Waals surface area contributed by atoms with Gasteiger partial charge in [-0.15, -0.1) is 0 Å². The van der Waals surface area contributed by atoms with E-state index in [4.69, 9.17) is 0 Å². The zero-order valence-corrected chi connectivity index (χ0v) is 21.0. The van der Waals surface area contributed by atoms with Gasteiger partial charge in [0.1, 0.15) is 24.7 Å². The lowest BCUT2D eigenvalue weighted by Gasteiger charge is -2.44.